The molecule has 0 aromatic heterocycles. The van der Waals surface area contributed by atoms with Crippen molar-refractivity contribution < 1.29 is 14.4 Å². The molecule has 0 aromatic rings. The molecule has 7 nitrogen and oxygen atoms in total. The van der Waals surface area contributed by atoms with Crippen LogP contribution in [-0.4, -0.2) is 44.3 Å². The Kier molecular flexibility index (Phi) is 24.5. The van der Waals surface area contributed by atoms with E-state index in [0.29, 0.717) is 13.0 Å². The molecule has 2 amide bonds. The third-order valence-corrected chi connectivity index (χ3v) is 2.88. The van der Waals surface area contributed by atoms with Gasteiger partial charge in [-0.05, 0) is 33.7 Å². The largest absolute Gasteiger partial charge is 0.372 e. The van der Waals surface area contributed by atoms with E-state index in [1.54, 1.807) is 7.05 Å². The fourth-order valence-corrected chi connectivity index (χ4v) is 1.59. The van der Waals surface area contributed by atoms with Crippen molar-refractivity contribution in [2.24, 2.45) is 11.5 Å². The lowest BCUT2D eigenvalue weighted by Crippen LogP contribution is -2.48. The Hall–Kier alpha value is -1.99. The third-order valence-electron chi connectivity index (χ3n) is 2.88. The van der Waals surface area contributed by atoms with Gasteiger partial charge in [0.25, 0.3) is 0 Å². The molecule has 0 heterocycles. The van der Waals surface area contributed by atoms with Crippen LogP contribution in [0.1, 0.15) is 47.0 Å². The normalized spacial score (nSPS) is 12.8. The van der Waals surface area contributed by atoms with E-state index in [1.807, 2.05) is 20.8 Å². The van der Waals surface area contributed by atoms with Crippen molar-refractivity contribution >= 4 is 18.6 Å². The first-order valence-corrected chi connectivity index (χ1v) is 8.48. The molecule has 0 bridgehead atoms. The zero-order valence-electron chi connectivity index (χ0n) is 16.2. The maximum atomic E-state index is 11.6. The van der Waals surface area contributed by atoms with E-state index >= 15 is 0 Å². The summed E-state index contributed by atoms with van der Waals surface area (Å²) in [5.74, 6) is -0.0188. The maximum Gasteiger partial charge on any atom is 0.234 e. The number of nitrogens with two attached hydrogens (primary N) is 2. The first-order valence-electron chi connectivity index (χ1n) is 8.48. The van der Waals surface area contributed by atoms with E-state index in [2.05, 4.69) is 41.5 Å². The minimum absolute atomic E-state index is 0.0188. The fourth-order valence-electron chi connectivity index (χ4n) is 1.59. The summed E-state index contributed by atoms with van der Waals surface area (Å²) in [6, 6.07) is -0.102. The molecular formula is C18H36N4O3. The number of aldehydes is 1. The number of carbonyl (C=O) groups excluding carboxylic acids is 3. The highest BCUT2D eigenvalue weighted by molar-refractivity contribution is 5.78. The summed E-state index contributed by atoms with van der Waals surface area (Å²) >= 11 is 0. The summed E-state index contributed by atoms with van der Waals surface area (Å²) in [6.45, 7) is 8.15. The van der Waals surface area contributed by atoms with E-state index in [1.165, 1.54) is 5.57 Å². The van der Waals surface area contributed by atoms with E-state index in [-0.39, 0.29) is 24.4 Å². The number of hydrogen-bond acceptors (Lipinski definition) is 5. The number of rotatable bonds is 9. The van der Waals surface area contributed by atoms with E-state index in [9.17, 15) is 9.59 Å². The van der Waals surface area contributed by atoms with Crippen LogP contribution in [0.25, 0.3) is 0 Å². The zero-order valence-corrected chi connectivity index (χ0v) is 16.2. The van der Waals surface area contributed by atoms with Crippen molar-refractivity contribution in [1.29, 1.82) is 0 Å². The molecule has 146 valence electrons. The Labute approximate surface area is 152 Å². The number of nitrogens with one attached hydrogen (secondary N) is 2. The van der Waals surface area contributed by atoms with Crippen molar-refractivity contribution in [2.75, 3.05) is 13.6 Å². The predicted molar refractivity (Wildman–Crippen MR) is 104 cm³/mol. The van der Waals surface area contributed by atoms with Crippen molar-refractivity contribution in [3.8, 4) is 0 Å². The monoisotopic (exact) mass is 356 g/mol. The summed E-state index contributed by atoms with van der Waals surface area (Å²) in [6.07, 6.45) is 9.81. The second kappa shape index (κ2) is 22.0. The quantitative estimate of drug-likeness (QED) is 0.362. The highest BCUT2D eigenvalue weighted by Gasteiger charge is 2.16. The molecule has 0 aliphatic heterocycles. The van der Waals surface area contributed by atoms with Crippen LogP contribution in [0.4, 0.5) is 0 Å². The Morgan fingerprint density at radius 1 is 1.20 bits per heavy atom. The Morgan fingerprint density at radius 3 is 2.04 bits per heavy atom. The third kappa shape index (κ3) is 22.0. The zero-order chi connectivity index (χ0) is 20.1. The van der Waals surface area contributed by atoms with Gasteiger partial charge in [-0.1, -0.05) is 37.6 Å². The van der Waals surface area contributed by atoms with Crippen LogP contribution < -0.4 is 22.1 Å². The summed E-state index contributed by atoms with van der Waals surface area (Å²) in [5, 5.41) is 5.79. The van der Waals surface area contributed by atoms with Crippen LogP contribution in [0.5, 0.6) is 0 Å². The molecule has 6 N–H and O–H groups in total. The Morgan fingerprint density at radius 2 is 1.72 bits per heavy atom. The van der Waals surface area contributed by atoms with Gasteiger partial charge in [0.1, 0.15) is 6.29 Å². The van der Waals surface area contributed by atoms with Crippen LogP contribution in [0, 0.1) is 0 Å². The molecule has 25 heavy (non-hydrogen) atoms. The van der Waals surface area contributed by atoms with Gasteiger partial charge in [-0.3, -0.25) is 9.59 Å². The molecular weight excluding hydrogens is 320 g/mol. The lowest BCUT2D eigenvalue weighted by atomic mass is 10.00. The van der Waals surface area contributed by atoms with Gasteiger partial charge in [-0.25, -0.2) is 0 Å². The lowest BCUT2D eigenvalue weighted by Gasteiger charge is -2.23. The first kappa shape index (κ1) is 27.8. The maximum absolute atomic E-state index is 11.6. The van der Waals surface area contributed by atoms with Gasteiger partial charge in [0, 0.05) is 18.5 Å². The summed E-state index contributed by atoms with van der Waals surface area (Å²) in [4.78, 5) is 29.3. The summed E-state index contributed by atoms with van der Waals surface area (Å²) in [7, 11) is 1.75. The topological polar surface area (TPSA) is 127 Å². The molecule has 0 aromatic carbocycles. The minimum atomic E-state index is -0.0733. The van der Waals surface area contributed by atoms with E-state index in [0.717, 1.165) is 19.1 Å². The van der Waals surface area contributed by atoms with Crippen LogP contribution in [-0.2, 0) is 14.4 Å². The molecule has 0 rings (SSSR count). The number of hydrogen-bond donors (Lipinski definition) is 4. The van der Waals surface area contributed by atoms with Crippen molar-refractivity contribution in [1.82, 2.24) is 10.6 Å². The molecule has 0 aliphatic rings. The number of primary amides is 1. The highest BCUT2D eigenvalue weighted by Crippen LogP contribution is 2.10. The number of likely N-dealkylation sites (N-methyl/N-ethyl adjacent to an activating group) is 1. The average Bonchev–Trinajstić information content (AvgIpc) is 2.58. The fraction of sp³-hybridized carbons (Fsp3) is 0.611. The second-order valence-corrected chi connectivity index (χ2v) is 5.15. The van der Waals surface area contributed by atoms with Gasteiger partial charge < -0.3 is 26.9 Å². The first-order chi connectivity index (χ1) is 11.9. The summed E-state index contributed by atoms with van der Waals surface area (Å²) in [5.41, 5.74) is 11.3. The summed E-state index contributed by atoms with van der Waals surface area (Å²) < 4.78 is 0. The molecule has 2 atom stereocenters. The van der Waals surface area contributed by atoms with Crippen LogP contribution in [0.15, 0.2) is 23.8 Å². The van der Waals surface area contributed by atoms with Crippen molar-refractivity contribution in [3.63, 3.8) is 0 Å². The standard InChI is InChI=1S/C14H27N3O.C3H6O.CH3NO/c1-5-7-8-12(6-2)9-13(11(3)15)17-14(18)10-16-4;1-2-3-4;2-1-3/h6-8,11,13,16H,5,9-10,15H2,1-4H3,(H,17,18);3H,2H2,1H3;1H,(H2,2,3)/b8-7-,12-6+;;. The molecule has 0 radical (unpaired) electrons. The lowest BCUT2D eigenvalue weighted by molar-refractivity contribution is -0.121. The van der Waals surface area contributed by atoms with Crippen molar-refractivity contribution in [2.45, 2.75) is 59.0 Å². The van der Waals surface area contributed by atoms with Crippen LogP contribution in [0.2, 0.25) is 0 Å². The Balaban J connectivity index is -0.000000586. The van der Waals surface area contributed by atoms with Crippen LogP contribution >= 0.6 is 0 Å². The molecule has 7 heteroatoms. The number of carbonyl (C=O) groups is 3. The van der Waals surface area contributed by atoms with Gasteiger partial charge in [-0.15, -0.1) is 0 Å². The van der Waals surface area contributed by atoms with Gasteiger partial charge in [0.2, 0.25) is 12.3 Å². The Bertz CT molecular complexity index is 394. The highest BCUT2D eigenvalue weighted by atomic mass is 16.2. The second-order valence-electron chi connectivity index (χ2n) is 5.15. The number of allylic oxidation sites excluding steroid dienone is 3. The van der Waals surface area contributed by atoms with Crippen LogP contribution in [0.3, 0.4) is 0 Å². The number of amides is 2. The molecule has 2 unspecified atom stereocenters. The van der Waals surface area contributed by atoms with Gasteiger partial charge in [0.15, 0.2) is 0 Å². The predicted octanol–water partition coefficient (Wildman–Crippen LogP) is 1.04. The van der Waals surface area contributed by atoms with E-state index in [4.69, 9.17) is 10.5 Å². The molecule has 0 saturated heterocycles. The SMILES string of the molecule is C/C=C(\C=C/CC)CC(NC(=O)CNC)C(C)N.CCC=O.NC=O. The average molecular weight is 357 g/mol. The molecule has 0 saturated carbocycles. The molecule has 0 aliphatic carbocycles. The van der Waals surface area contributed by atoms with Gasteiger partial charge >= 0.3 is 0 Å². The van der Waals surface area contributed by atoms with E-state index < -0.39 is 0 Å². The smallest absolute Gasteiger partial charge is 0.234 e. The van der Waals surface area contributed by atoms with Gasteiger partial charge in [0.05, 0.1) is 6.54 Å². The molecule has 0 fully saturated rings. The van der Waals surface area contributed by atoms with Crippen molar-refractivity contribution in [3.05, 3.63) is 23.8 Å². The molecule has 0 spiro atoms. The van der Waals surface area contributed by atoms with Gasteiger partial charge in [-0.2, -0.15) is 0 Å². The minimum Gasteiger partial charge on any atom is -0.372 e.